The molecule has 1 aliphatic carbocycles. The smallest absolute Gasteiger partial charge is 0.317 e. The maximum Gasteiger partial charge on any atom is 0.317 e. The van der Waals surface area contributed by atoms with Gasteiger partial charge in [-0.1, -0.05) is 42.5 Å². The van der Waals surface area contributed by atoms with E-state index < -0.39 is 10.0 Å². The van der Waals surface area contributed by atoms with Crippen molar-refractivity contribution in [2.75, 3.05) is 26.2 Å². The predicted molar refractivity (Wildman–Crippen MR) is 124 cm³/mol. The predicted octanol–water partition coefficient (Wildman–Crippen LogP) is 3.37. The Labute approximate surface area is 190 Å². The van der Waals surface area contributed by atoms with E-state index in [-0.39, 0.29) is 11.8 Å². The Morgan fingerprint density at radius 3 is 2.22 bits per heavy atom. The second-order valence-corrected chi connectivity index (χ2v) is 10.4. The van der Waals surface area contributed by atoms with E-state index in [4.69, 9.17) is 4.74 Å². The maximum atomic E-state index is 12.7. The molecule has 0 spiro atoms. The van der Waals surface area contributed by atoms with Gasteiger partial charge in [-0.15, -0.1) is 0 Å². The zero-order valence-electron chi connectivity index (χ0n) is 18.3. The monoisotopic (exact) mass is 457 g/mol. The highest BCUT2D eigenvalue weighted by molar-refractivity contribution is 7.88. The van der Waals surface area contributed by atoms with Crippen molar-refractivity contribution in [1.82, 2.24) is 14.5 Å². The summed E-state index contributed by atoms with van der Waals surface area (Å²) in [7, 11) is -3.39. The minimum atomic E-state index is -3.39. The van der Waals surface area contributed by atoms with Gasteiger partial charge >= 0.3 is 6.03 Å². The van der Waals surface area contributed by atoms with Crippen LogP contribution in [0.15, 0.2) is 54.6 Å². The van der Waals surface area contributed by atoms with Crippen LogP contribution in [0.25, 0.3) is 0 Å². The van der Waals surface area contributed by atoms with Crippen LogP contribution in [0.2, 0.25) is 0 Å². The summed E-state index contributed by atoms with van der Waals surface area (Å²) in [5.41, 5.74) is 1.77. The fourth-order valence-electron chi connectivity index (χ4n) is 4.22. The van der Waals surface area contributed by atoms with E-state index in [0.717, 1.165) is 29.7 Å². The summed E-state index contributed by atoms with van der Waals surface area (Å²) in [6.07, 6.45) is 5.05. The summed E-state index contributed by atoms with van der Waals surface area (Å²) >= 11 is 0. The van der Waals surface area contributed by atoms with Crippen LogP contribution in [0.1, 0.15) is 36.8 Å². The number of amides is 2. The van der Waals surface area contributed by atoms with Gasteiger partial charge in [0, 0.05) is 32.7 Å². The van der Waals surface area contributed by atoms with Crippen molar-refractivity contribution in [1.29, 1.82) is 0 Å². The first-order chi connectivity index (χ1) is 15.5. The van der Waals surface area contributed by atoms with Crippen molar-refractivity contribution >= 4 is 16.1 Å². The molecule has 32 heavy (non-hydrogen) atoms. The van der Waals surface area contributed by atoms with E-state index in [0.29, 0.717) is 38.8 Å². The topological polar surface area (TPSA) is 79.0 Å². The maximum absolute atomic E-state index is 12.7. The molecule has 0 bridgehead atoms. The standard InChI is InChI=1S/C24H31N3O4S/c28-24(25-18-20-10-12-23(13-11-20)31-22-8-4-5-9-22)26-14-16-27(17-15-26)32(29,30)19-21-6-2-1-3-7-21/h1-3,6-7,10-13,22H,4-5,8-9,14-19H2,(H,25,28). The summed E-state index contributed by atoms with van der Waals surface area (Å²) in [5, 5.41) is 2.93. The number of nitrogens with zero attached hydrogens (tertiary/aromatic N) is 2. The summed E-state index contributed by atoms with van der Waals surface area (Å²) in [5.74, 6) is 0.861. The number of carbonyl (C=O) groups is 1. The van der Waals surface area contributed by atoms with E-state index in [1.165, 1.54) is 17.1 Å². The van der Waals surface area contributed by atoms with Crippen molar-refractivity contribution in [3.05, 3.63) is 65.7 Å². The zero-order valence-corrected chi connectivity index (χ0v) is 19.1. The molecule has 4 rings (SSSR count). The fraction of sp³-hybridized carbons (Fsp3) is 0.458. The number of sulfonamides is 1. The average Bonchev–Trinajstić information content (AvgIpc) is 3.32. The van der Waals surface area contributed by atoms with Crippen molar-refractivity contribution in [3.8, 4) is 5.75 Å². The summed E-state index contributed by atoms with van der Waals surface area (Å²) in [6.45, 7) is 1.82. The third-order valence-corrected chi connectivity index (χ3v) is 7.93. The number of ether oxygens (including phenoxy) is 1. The van der Waals surface area contributed by atoms with Crippen LogP contribution < -0.4 is 10.1 Å². The Balaban J connectivity index is 1.21. The van der Waals surface area contributed by atoms with Crippen LogP contribution in [0.4, 0.5) is 4.79 Å². The highest BCUT2D eigenvalue weighted by atomic mass is 32.2. The normalized spacial score (nSPS) is 17.9. The molecule has 1 saturated heterocycles. The summed E-state index contributed by atoms with van der Waals surface area (Å²) in [4.78, 5) is 14.2. The van der Waals surface area contributed by atoms with E-state index in [1.54, 1.807) is 4.90 Å². The first-order valence-corrected chi connectivity index (χ1v) is 12.9. The molecule has 172 valence electrons. The van der Waals surface area contributed by atoms with Gasteiger partial charge in [-0.05, 0) is 48.9 Å². The van der Waals surface area contributed by atoms with Crippen LogP contribution >= 0.6 is 0 Å². The highest BCUT2D eigenvalue weighted by Crippen LogP contribution is 2.24. The molecule has 0 unspecified atom stereocenters. The second kappa shape index (κ2) is 10.4. The van der Waals surface area contributed by atoms with Crippen molar-refractivity contribution in [2.24, 2.45) is 0 Å². The molecule has 0 radical (unpaired) electrons. The lowest BCUT2D eigenvalue weighted by Crippen LogP contribution is -2.53. The molecule has 1 aliphatic heterocycles. The van der Waals surface area contributed by atoms with Crippen molar-refractivity contribution < 1.29 is 17.9 Å². The molecule has 2 fully saturated rings. The molecule has 8 heteroatoms. The van der Waals surface area contributed by atoms with Crippen LogP contribution in [0.3, 0.4) is 0 Å². The van der Waals surface area contributed by atoms with Gasteiger partial charge in [0.05, 0.1) is 11.9 Å². The molecule has 2 aromatic carbocycles. The molecule has 1 N–H and O–H groups in total. The average molecular weight is 458 g/mol. The zero-order chi connectivity index (χ0) is 22.4. The van der Waals surface area contributed by atoms with Gasteiger partial charge in [0.2, 0.25) is 10.0 Å². The molecular weight excluding hydrogens is 426 g/mol. The second-order valence-electron chi connectivity index (χ2n) is 8.45. The van der Waals surface area contributed by atoms with Gasteiger partial charge in [-0.2, -0.15) is 4.31 Å². The van der Waals surface area contributed by atoms with Gasteiger partial charge in [-0.25, -0.2) is 13.2 Å². The SMILES string of the molecule is O=C(NCc1ccc(OC2CCCC2)cc1)N1CCN(S(=O)(=O)Cc2ccccc2)CC1. The van der Waals surface area contributed by atoms with E-state index in [9.17, 15) is 13.2 Å². The number of nitrogens with one attached hydrogen (secondary N) is 1. The number of carbonyl (C=O) groups excluding carboxylic acids is 1. The van der Waals surface area contributed by atoms with Gasteiger partial charge < -0.3 is 15.0 Å². The number of hydrogen-bond acceptors (Lipinski definition) is 4. The Morgan fingerprint density at radius 2 is 1.56 bits per heavy atom. The number of rotatable bonds is 7. The Kier molecular flexibility index (Phi) is 7.32. The Morgan fingerprint density at radius 1 is 0.906 bits per heavy atom. The minimum absolute atomic E-state index is 0.0134. The fourth-order valence-corrected chi connectivity index (χ4v) is 5.74. The minimum Gasteiger partial charge on any atom is -0.490 e. The summed E-state index contributed by atoms with van der Waals surface area (Å²) < 4.78 is 32.8. The van der Waals surface area contributed by atoms with Crippen LogP contribution in [-0.2, 0) is 22.3 Å². The third kappa shape index (κ3) is 6.01. The van der Waals surface area contributed by atoms with E-state index in [1.807, 2.05) is 54.6 Å². The molecule has 7 nitrogen and oxygen atoms in total. The lowest BCUT2D eigenvalue weighted by atomic mass is 10.2. The van der Waals surface area contributed by atoms with Crippen molar-refractivity contribution in [2.45, 2.75) is 44.1 Å². The molecule has 2 amide bonds. The molecule has 1 heterocycles. The Bertz CT molecular complexity index is 982. The van der Waals surface area contributed by atoms with Gasteiger partial charge in [-0.3, -0.25) is 0 Å². The summed E-state index contributed by atoms with van der Waals surface area (Å²) in [6, 6.07) is 16.8. The number of piperazine rings is 1. The van der Waals surface area contributed by atoms with Gasteiger partial charge in [0.25, 0.3) is 0 Å². The molecular formula is C24H31N3O4S. The number of benzene rings is 2. The molecule has 1 saturated carbocycles. The molecule has 2 aliphatic rings. The van der Waals surface area contributed by atoms with Crippen molar-refractivity contribution in [3.63, 3.8) is 0 Å². The largest absolute Gasteiger partial charge is 0.490 e. The van der Waals surface area contributed by atoms with Crippen LogP contribution in [-0.4, -0.2) is 55.9 Å². The van der Waals surface area contributed by atoms with Gasteiger partial charge in [0.1, 0.15) is 5.75 Å². The molecule has 2 aromatic rings. The molecule has 0 aromatic heterocycles. The Hall–Kier alpha value is -2.58. The lowest BCUT2D eigenvalue weighted by Gasteiger charge is -2.34. The molecule has 0 atom stereocenters. The lowest BCUT2D eigenvalue weighted by molar-refractivity contribution is 0.172. The third-order valence-electron chi connectivity index (χ3n) is 6.08. The van der Waals surface area contributed by atoms with Crippen LogP contribution in [0.5, 0.6) is 5.75 Å². The van der Waals surface area contributed by atoms with Gasteiger partial charge in [0.15, 0.2) is 0 Å². The first kappa shape index (κ1) is 22.6. The quantitative estimate of drug-likeness (QED) is 0.692. The highest BCUT2D eigenvalue weighted by Gasteiger charge is 2.28. The number of urea groups is 1. The van der Waals surface area contributed by atoms with E-state index in [2.05, 4.69) is 5.32 Å². The van der Waals surface area contributed by atoms with Crippen LogP contribution in [0, 0.1) is 0 Å². The number of hydrogen-bond donors (Lipinski definition) is 1. The van der Waals surface area contributed by atoms with E-state index >= 15 is 0 Å². The first-order valence-electron chi connectivity index (χ1n) is 11.3.